The van der Waals surface area contributed by atoms with Crippen molar-refractivity contribution in [3.8, 4) is 11.5 Å². The molecule has 6 heteroatoms. The summed E-state index contributed by atoms with van der Waals surface area (Å²) < 4.78 is 10.3. The fraction of sp³-hybridized carbons (Fsp3) is 0.462. The number of carbonyl (C=O) groups is 1. The number of hydrogen-bond acceptors (Lipinski definition) is 5. The van der Waals surface area contributed by atoms with Gasteiger partial charge in [-0.1, -0.05) is 0 Å². The highest BCUT2D eigenvalue weighted by atomic mass is 32.2. The lowest BCUT2D eigenvalue weighted by Crippen LogP contribution is -2.18. The molecule has 0 spiro atoms. The number of hydrogen-bond donors (Lipinski definition) is 2. The summed E-state index contributed by atoms with van der Waals surface area (Å²) >= 11 is 1.37. The van der Waals surface area contributed by atoms with E-state index in [0.29, 0.717) is 22.9 Å². The van der Waals surface area contributed by atoms with Crippen molar-refractivity contribution < 1.29 is 19.4 Å². The Kier molecular flexibility index (Phi) is 5.82. The summed E-state index contributed by atoms with van der Waals surface area (Å²) in [5, 5.41) is 12.5. The lowest BCUT2D eigenvalue weighted by Gasteiger charge is -2.13. The van der Waals surface area contributed by atoms with Gasteiger partial charge in [-0.2, -0.15) is 0 Å². The summed E-state index contributed by atoms with van der Waals surface area (Å²) in [5.74, 6) is 0.423. The molecule has 1 aromatic carbocycles. The Morgan fingerprint density at radius 2 is 2.16 bits per heavy atom. The largest absolute Gasteiger partial charge is 0.503 e. The van der Waals surface area contributed by atoms with Gasteiger partial charge in [0.15, 0.2) is 11.5 Å². The molecule has 0 unspecified atom stereocenters. The molecule has 0 aromatic heterocycles. The molecule has 0 aliphatic rings. The first-order valence-electron chi connectivity index (χ1n) is 5.99. The molecule has 1 amide bonds. The van der Waals surface area contributed by atoms with Crippen LogP contribution in [0, 0.1) is 0 Å². The minimum atomic E-state index is -0.532. The molecule has 0 saturated heterocycles. The fourth-order valence-electron chi connectivity index (χ4n) is 1.44. The molecule has 1 aromatic rings. The molecule has 0 aliphatic heterocycles. The first kappa shape index (κ1) is 15.5. The van der Waals surface area contributed by atoms with E-state index in [1.807, 2.05) is 13.2 Å². The van der Waals surface area contributed by atoms with Crippen LogP contribution in [-0.4, -0.2) is 30.2 Å². The van der Waals surface area contributed by atoms with Crippen LogP contribution in [0.25, 0.3) is 0 Å². The lowest BCUT2D eigenvalue weighted by molar-refractivity contribution is 0.130. The number of phenols is 1. The molecule has 0 heterocycles. The predicted octanol–water partition coefficient (Wildman–Crippen LogP) is 3.47. The highest BCUT2D eigenvalue weighted by molar-refractivity contribution is 7.98. The Balaban J connectivity index is 2.94. The average molecular weight is 285 g/mol. The predicted molar refractivity (Wildman–Crippen MR) is 76.3 cm³/mol. The standard InChI is InChI=1S/C13H19NO4S/c1-5-17-10-6-9(7-11(19-4)12(10)15)14-13(16)18-8(2)3/h6-8,15H,5H2,1-4H3,(H,14,16). The van der Waals surface area contributed by atoms with Gasteiger partial charge in [-0.15, -0.1) is 11.8 Å². The SMILES string of the molecule is CCOc1cc(NC(=O)OC(C)C)cc(SC)c1O. The maximum Gasteiger partial charge on any atom is 0.411 e. The second kappa shape index (κ2) is 7.13. The monoisotopic (exact) mass is 285 g/mol. The van der Waals surface area contributed by atoms with Gasteiger partial charge in [0.25, 0.3) is 0 Å². The van der Waals surface area contributed by atoms with E-state index in [4.69, 9.17) is 9.47 Å². The number of carbonyl (C=O) groups excluding carboxylic acids is 1. The lowest BCUT2D eigenvalue weighted by atomic mass is 10.2. The molecule has 19 heavy (non-hydrogen) atoms. The van der Waals surface area contributed by atoms with Crippen LogP contribution in [0.3, 0.4) is 0 Å². The first-order valence-corrected chi connectivity index (χ1v) is 7.21. The Morgan fingerprint density at radius 3 is 2.68 bits per heavy atom. The zero-order chi connectivity index (χ0) is 14.4. The number of ether oxygens (including phenoxy) is 2. The smallest absolute Gasteiger partial charge is 0.411 e. The van der Waals surface area contributed by atoms with Gasteiger partial charge in [0.05, 0.1) is 17.6 Å². The molecule has 106 valence electrons. The molecular formula is C13H19NO4S. The maximum atomic E-state index is 11.5. The van der Waals surface area contributed by atoms with Crippen LogP contribution in [-0.2, 0) is 4.74 Å². The third-order valence-electron chi connectivity index (χ3n) is 2.15. The van der Waals surface area contributed by atoms with Gasteiger partial charge in [0, 0.05) is 11.8 Å². The molecule has 0 radical (unpaired) electrons. The van der Waals surface area contributed by atoms with Crippen molar-refractivity contribution in [3.63, 3.8) is 0 Å². The number of anilines is 1. The fourth-order valence-corrected chi connectivity index (χ4v) is 1.98. The number of amides is 1. The second-order valence-corrected chi connectivity index (χ2v) is 4.89. The molecule has 0 aliphatic carbocycles. The van der Waals surface area contributed by atoms with Crippen molar-refractivity contribution in [2.45, 2.75) is 31.8 Å². The molecule has 0 atom stereocenters. The van der Waals surface area contributed by atoms with Crippen molar-refractivity contribution in [1.82, 2.24) is 0 Å². The Hall–Kier alpha value is -1.56. The van der Waals surface area contributed by atoms with Crippen molar-refractivity contribution in [2.24, 2.45) is 0 Å². The average Bonchev–Trinajstić information content (AvgIpc) is 2.32. The minimum absolute atomic E-state index is 0.0807. The molecular weight excluding hydrogens is 266 g/mol. The van der Waals surface area contributed by atoms with Crippen LogP contribution in [0.2, 0.25) is 0 Å². The van der Waals surface area contributed by atoms with Gasteiger partial charge in [0.1, 0.15) is 0 Å². The van der Waals surface area contributed by atoms with Crippen LogP contribution >= 0.6 is 11.8 Å². The van der Waals surface area contributed by atoms with E-state index < -0.39 is 6.09 Å². The highest BCUT2D eigenvalue weighted by Crippen LogP contribution is 2.38. The number of nitrogens with one attached hydrogen (secondary N) is 1. The molecule has 5 nitrogen and oxygen atoms in total. The number of thioether (sulfide) groups is 1. The topological polar surface area (TPSA) is 67.8 Å². The third-order valence-corrected chi connectivity index (χ3v) is 2.90. The number of benzene rings is 1. The van der Waals surface area contributed by atoms with Crippen LogP contribution in [0.5, 0.6) is 11.5 Å². The first-order chi connectivity index (χ1) is 8.97. The number of phenolic OH excluding ortho intramolecular Hbond substituents is 1. The maximum absolute atomic E-state index is 11.5. The van der Waals surface area contributed by atoms with Crippen molar-refractivity contribution in [3.05, 3.63) is 12.1 Å². The van der Waals surface area contributed by atoms with E-state index in [0.717, 1.165) is 0 Å². The summed E-state index contributed by atoms with van der Waals surface area (Å²) in [6.07, 6.45) is 1.11. The zero-order valence-electron chi connectivity index (χ0n) is 11.5. The van der Waals surface area contributed by atoms with Gasteiger partial charge in [-0.25, -0.2) is 4.79 Å². The third kappa shape index (κ3) is 4.55. The van der Waals surface area contributed by atoms with Crippen LogP contribution in [0.15, 0.2) is 17.0 Å². The van der Waals surface area contributed by atoms with Gasteiger partial charge >= 0.3 is 6.09 Å². The van der Waals surface area contributed by atoms with E-state index in [9.17, 15) is 9.90 Å². The summed E-state index contributed by atoms with van der Waals surface area (Å²) in [7, 11) is 0. The molecule has 0 fully saturated rings. The zero-order valence-corrected chi connectivity index (χ0v) is 12.3. The van der Waals surface area contributed by atoms with E-state index in [1.54, 1.807) is 26.0 Å². The quantitative estimate of drug-likeness (QED) is 0.640. The number of aromatic hydroxyl groups is 1. The van der Waals surface area contributed by atoms with Crippen LogP contribution in [0.4, 0.5) is 10.5 Å². The summed E-state index contributed by atoms with van der Waals surface area (Å²) in [6.45, 7) is 5.80. The van der Waals surface area contributed by atoms with E-state index in [2.05, 4.69) is 5.32 Å². The normalized spacial score (nSPS) is 10.4. The van der Waals surface area contributed by atoms with E-state index in [1.165, 1.54) is 11.8 Å². The van der Waals surface area contributed by atoms with Crippen molar-refractivity contribution in [2.75, 3.05) is 18.2 Å². The summed E-state index contributed by atoms with van der Waals surface area (Å²) in [5.41, 5.74) is 0.524. The van der Waals surface area contributed by atoms with Gasteiger partial charge in [0.2, 0.25) is 0 Å². The van der Waals surface area contributed by atoms with Crippen molar-refractivity contribution in [1.29, 1.82) is 0 Å². The Morgan fingerprint density at radius 1 is 1.47 bits per heavy atom. The van der Waals surface area contributed by atoms with Crippen molar-refractivity contribution >= 4 is 23.5 Å². The van der Waals surface area contributed by atoms with Gasteiger partial charge in [-0.05, 0) is 33.1 Å². The van der Waals surface area contributed by atoms with Gasteiger partial charge < -0.3 is 14.6 Å². The molecule has 0 bridgehead atoms. The summed E-state index contributed by atoms with van der Waals surface area (Å²) in [6, 6.07) is 3.24. The van der Waals surface area contributed by atoms with E-state index >= 15 is 0 Å². The summed E-state index contributed by atoms with van der Waals surface area (Å²) in [4.78, 5) is 12.2. The van der Waals surface area contributed by atoms with Gasteiger partial charge in [-0.3, -0.25) is 5.32 Å². The molecule has 2 N–H and O–H groups in total. The second-order valence-electron chi connectivity index (χ2n) is 4.04. The Bertz CT molecular complexity index is 449. The minimum Gasteiger partial charge on any atom is -0.503 e. The number of rotatable bonds is 5. The Labute approximate surface area is 117 Å². The van der Waals surface area contributed by atoms with E-state index in [-0.39, 0.29) is 11.9 Å². The highest BCUT2D eigenvalue weighted by Gasteiger charge is 2.13. The molecule has 1 rings (SSSR count). The van der Waals surface area contributed by atoms with Crippen LogP contribution in [0.1, 0.15) is 20.8 Å². The van der Waals surface area contributed by atoms with Crippen LogP contribution < -0.4 is 10.1 Å². The molecule has 0 saturated carbocycles.